The maximum Gasteiger partial charge on any atom is 0.209 e. The second-order valence-corrected chi connectivity index (χ2v) is 7.03. The first-order chi connectivity index (χ1) is 11.5. The van der Waals surface area contributed by atoms with Crippen molar-refractivity contribution < 1.29 is 8.42 Å². The van der Waals surface area contributed by atoms with Gasteiger partial charge in [0.15, 0.2) is 5.82 Å². The number of benzene rings is 1. The van der Waals surface area contributed by atoms with Crippen molar-refractivity contribution >= 4 is 26.7 Å². The number of fused-ring (bicyclic) bond motifs is 1. The van der Waals surface area contributed by atoms with Crippen LogP contribution >= 0.6 is 0 Å². The molecule has 0 unspecified atom stereocenters. The third-order valence-electron chi connectivity index (χ3n) is 3.44. The van der Waals surface area contributed by atoms with Gasteiger partial charge in [-0.25, -0.2) is 23.5 Å². The van der Waals surface area contributed by atoms with Gasteiger partial charge < -0.3 is 5.32 Å². The number of para-hydroxylation sites is 1. The van der Waals surface area contributed by atoms with E-state index in [-0.39, 0.29) is 5.75 Å². The zero-order valence-corrected chi connectivity index (χ0v) is 13.7. The van der Waals surface area contributed by atoms with E-state index < -0.39 is 10.0 Å². The third-order valence-corrected chi connectivity index (χ3v) is 4.30. The number of primary sulfonamides is 1. The molecule has 0 atom stereocenters. The lowest BCUT2D eigenvalue weighted by atomic mass is 10.2. The van der Waals surface area contributed by atoms with Crippen LogP contribution in [0, 0.1) is 0 Å². The maximum absolute atomic E-state index is 11.0. The number of nitrogens with two attached hydrogens (primary N) is 1. The fraction of sp³-hybridized carbons (Fsp3) is 0.188. The van der Waals surface area contributed by atoms with Gasteiger partial charge in [-0.2, -0.15) is 0 Å². The van der Waals surface area contributed by atoms with Gasteiger partial charge in [0.2, 0.25) is 10.0 Å². The zero-order valence-electron chi connectivity index (χ0n) is 12.9. The van der Waals surface area contributed by atoms with Crippen LogP contribution in [0.15, 0.2) is 48.8 Å². The second kappa shape index (κ2) is 6.90. The third kappa shape index (κ3) is 4.03. The fourth-order valence-corrected chi connectivity index (χ4v) is 2.87. The predicted molar refractivity (Wildman–Crippen MR) is 93.8 cm³/mol. The minimum atomic E-state index is -3.45. The highest BCUT2D eigenvalue weighted by Gasteiger charge is 2.09. The molecule has 2 aromatic heterocycles. The molecule has 0 amide bonds. The highest BCUT2D eigenvalue weighted by atomic mass is 32.2. The number of pyridine rings is 1. The molecule has 0 bridgehead atoms. The number of hydrogen-bond donors (Lipinski definition) is 2. The molecule has 0 aliphatic carbocycles. The Kier molecular flexibility index (Phi) is 4.68. The molecule has 0 saturated heterocycles. The van der Waals surface area contributed by atoms with Crippen LogP contribution in [0.2, 0.25) is 0 Å². The molecule has 0 aliphatic heterocycles. The molecule has 124 valence electrons. The Morgan fingerprint density at radius 2 is 1.79 bits per heavy atom. The Hall–Kier alpha value is -2.58. The lowest BCUT2D eigenvalue weighted by molar-refractivity contribution is 0.596. The minimum Gasteiger partial charge on any atom is -0.369 e. The van der Waals surface area contributed by atoms with E-state index >= 15 is 0 Å². The van der Waals surface area contributed by atoms with E-state index in [1.807, 2.05) is 36.4 Å². The Morgan fingerprint density at radius 1 is 1.04 bits per heavy atom. The van der Waals surface area contributed by atoms with Crippen molar-refractivity contribution in [1.82, 2.24) is 15.0 Å². The average Bonchev–Trinajstić information content (AvgIpc) is 2.58. The molecule has 3 N–H and O–H groups in total. The van der Waals surface area contributed by atoms with Crippen molar-refractivity contribution in [2.24, 2.45) is 5.14 Å². The molecule has 24 heavy (non-hydrogen) atoms. The Bertz CT molecular complexity index is 945. The van der Waals surface area contributed by atoms with Crippen LogP contribution in [0.1, 0.15) is 6.42 Å². The summed E-state index contributed by atoms with van der Waals surface area (Å²) < 4.78 is 22.0. The van der Waals surface area contributed by atoms with Crippen LogP contribution < -0.4 is 10.5 Å². The van der Waals surface area contributed by atoms with Crippen molar-refractivity contribution in [2.45, 2.75) is 6.42 Å². The number of sulfonamides is 1. The van der Waals surface area contributed by atoms with Crippen molar-refractivity contribution in [3.05, 3.63) is 48.8 Å². The monoisotopic (exact) mass is 343 g/mol. The summed E-state index contributed by atoms with van der Waals surface area (Å²) in [6.45, 7) is 0.452. The first kappa shape index (κ1) is 16.3. The molecule has 0 fully saturated rings. The van der Waals surface area contributed by atoms with Gasteiger partial charge in [-0.1, -0.05) is 12.1 Å². The summed E-state index contributed by atoms with van der Waals surface area (Å²) >= 11 is 0. The van der Waals surface area contributed by atoms with Gasteiger partial charge >= 0.3 is 0 Å². The molecule has 0 radical (unpaired) electrons. The smallest absolute Gasteiger partial charge is 0.209 e. The van der Waals surface area contributed by atoms with Crippen molar-refractivity contribution in [3.63, 3.8) is 0 Å². The predicted octanol–water partition coefficient (Wildman–Crippen LogP) is 1.78. The summed E-state index contributed by atoms with van der Waals surface area (Å²) in [5.74, 6) is 1.19. The summed E-state index contributed by atoms with van der Waals surface area (Å²) in [7, 11) is -3.45. The standard InChI is InChI=1S/C16H17N5O2S/c17-24(22,23)11-3-8-19-16-13-4-1-2-5-14(13)20-15(21-16)12-6-9-18-10-7-12/h1-2,4-7,9-10H,3,8,11H2,(H2,17,22,23)(H,19,20,21). The average molecular weight is 343 g/mol. The molecule has 0 spiro atoms. The van der Waals surface area contributed by atoms with E-state index in [2.05, 4.69) is 20.3 Å². The van der Waals surface area contributed by atoms with E-state index in [9.17, 15) is 8.42 Å². The van der Waals surface area contributed by atoms with Gasteiger partial charge in [0, 0.05) is 29.9 Å². The number of rotatable bonds is 6. The molecule has 0 aliphatic rings. The van der Waals surface area contributed by atoms with Crippen LogP contribution in [0.5, 0.6) is 0 Å². The molecule has 3 rings (SSSR count). The van der Waals surface area contributed by atoms with Gasteiger partial charge in [-0.15, -0.1) is 0 Å². The highest BCUT2D eigenvalue weighted by Crippen LogP contribution is 2.24. The minimum absolute atomic E-state index is 0.0692. The summed E-state index contributed by atoms with van der Waals surface area (Å²) in [5.41, 5.74) is 1.68. The van der Waals surface area contributed by atoms with E-state index in [0.717, 1.165) is 16.5 Å². The molecule has 2 heterocycles. The molecular formula is C16H17N5O2S. The Morgan fingerprint density at radius 3 is 2.54 bits per heavy atom. The summed E-state index contributed by atoms with van der Waals surface area (Å²) in [6.07, 6.45) is 3.78. The lowest BCUT2D eigenvalue weighted by Crippen LogP contribution is -2.19. The summed E-state index contributed by atoms with van der Waals surface area (Å²) in [4.78, 5) is 13.2. The topological polar surface area (TPSA) is 111 Å². The normalized spacial score (nSPS) is 11.5. The number of aromatic nitrogens is 3. The van der Waals surface area contributed by atoms with Crippen LogP contribution in [-0.2, 0) is 10.0 Å². The number of anilines is 1. The van der Waals surface area contributed by atoms with Gasteiger partial charge in [-0.3, -0.25) is 4.98 Å². The van der Waals surface area contributed by atoms with Gasteiger partial charge in [-0.05, 0) is 30.7 Å². The summed E-state index contributed by atoms with van der Waals surface area (Å²) in [6, 6.07) is 11.3. The molecule has 8 heteroatoms. The molecule has 7 nitrogen and oxygen atoms in total. The van der Waals surface area contributed by atoms with E-state index in [4.69, 9.17) is 5.14 Å². The van der Waals surface area contributed by atoms with E-state index in [1.165, 1.54) is 0 Å². The Labute approximate surface area is 140 Å². The van der Waals surface area contributed by atoms with Gasteiger partial charge in [0.25, 0.3) is 0 Å². The van der Waals surface area contributed by atoms with Crippen LogP contribution in [-0.4, -0.2) is 35.7 Å². The summed E-state index contributed by atoms with van der Waals surface area (Å²) in [5, 5.41) is 9.08. The molecule has 3 aromatic rings. The second-order valence-electron chi connectivity index (χ2n) is 5.30. The van der Waals surface area contributed by atoms with Gasteiger partial charge in [0.05, 0.1) is 11.3 Å². The Balaban J connectivity index is 1.90. The van der Waals surface area contributed by atoms with Gasteiger partial charge in [0.1, 0.15) is 5.82 Å². The molecular weight excluding hydrogens is 326 g/mol. The zero-order chi connectivity index (χ0) is 17.0. The quantitative estimate of drug-likeness (QED) is 0.660. The first-order valence-corrected chi connectivity index (χ1v) is 9.16. The number of nitrogens with one attached hydrogen (secondary N) is 1. The maximum atomic E-state index is 11.0. The van der Waals surface area contributed by atoms with Crippen molar-refractivity contribution in [1.29, 1.82) is 0 Å². The van der Waals surface area contributed by atoms with Crippen molar-refractivity contribution in [2.75, 3.05) is 17.6 Å². The van der Waals surface area contributed by atoms with Crippen LogP contribution in [0.3, 0.4) is 0 Å². The molecule has 0 saturated carbocycles. The first-order valence-electron chi connectivity index (χ1n) is 7.44. The fourth-order valence-electron chi connectivity index (χ4n) is 2.32. The molecule has 1 aromatic carbocycles. The van der Waals surface area contributed by atoms with Crippen LogP contribution in [0.25, 0.3) is 22.3 Å². The van der Waals surface area contributed by atoms with Crippen molar-refractivity contribution in [3.8, 4) is 11.4 Å². The highest BCUT2D eigenvalue weighted by molar-refractivity contribution is 7.89. The van der Waals surface area contributed by atoms with Crippen LogP contribution in [0.4, 0.5) is 5.82 Å². The SMILES string of the molecule is NS(=O)(=O)CCCNc1nc(-c2ccncc2)nc2ccccc12. The largest absolute Gasteiger partial charge is 0.369 e. The number of hydrogen-bond acceptors (Lipinski definition) is 6. The van der Waals surface area contributed by atoms with E-state index in [1.54, 1.807) is 12.4 Å². The number of nitrogens with zero attached hydrogens (tertiary/aromatic N) is 3. The van der Waals surface area contributed by atoms with E-state index in [0.29, 0.717) is 24.6 Å². The lowest BCUT2D eigenvalue weighted by Gasteiger charge is -2.10.